The van der Waals surface area contributed by atoms with Crippen LogP contribution < -0.4 is 5.32 Å². The van der Waals surface area contributed by atoms with E-state index in [2.05, 4.69) is 5.32 Å². The third-order valence-electron chi connectivity index (χ3n) is 2.99. The molecule has 104 valence electrons. The fraction of sp³-hybridized carbons (Fsp3) is 0.462. The third kappa shape index (κ3) is 3.08. The normalized spacial score (nSPS) is 12.1. The van der Waals surface area contributed by atoms with Crippen LogP contribution in [0.3, 0.4) is 0 Å². The number of hydrogen-bond donors (Lipinski definition) is 2. The molecule has 0 aliphatic carbocycles. The topological polar surface area (TPSA) is 92.5 Å². The molecule has 0 saturated carbocycles. The van der Waals surface area contributed by atoms with Crippen molar-refractivity contribution in [1.82, 2.24) is 5.32 Å². The van der Waals surface area contributed by atoms with E-state index in [1.54, 1.807) is 33.8 Å². The number of nitrogens with one attached hydrogen (secondary N) is 1. The molecule has 0 radical (unpaired) electrons. The molecule has 0 bridgehead atoms. The van der Waals surface area contributed by atoms with Crippen molar-refractivity contribution in [2.75, 3.05) is 6.61 Å². The SMILES string of the molecule is Cc1cc(C)c([N+](=O)[O-])c(C)c1C(=O)NC(C)CO. The van der Waals surface area contributed by atoms with Crippen molar-refractivity contribution < 1.29 is 14.8 Å². The van der Waals surface area contributed by atoms with Crippen LogP contribution in [0.15, 0.2) is 6.07 Å². The molecule has 0 aliphatic rings. The Morgan fingerprint density at radius 3 is 2.47 bits per heavy atom. The second-order valence-corrected chi connectivity index (χ2v) is 4.67. The molecule has 6 nitrogen and oxygen atoms in total. The Hall–Kier alpha value is -1.95. The smallest absolute Gasteiger partial charge is 0.275 e. The maximum absolute atomic E-state index is 12.1. The molecule has 2 N–H and O–H groups in total. The monoisotopic (exact) mass is 266 g/mol. The van der Waals surface area contributed by atoms with E-state index < -0.39 is 16.9 Å². The predicted octanol–water partition coefficient (Wildman–Crippen LogP) is 1.63. The molecule has 1 aromatic carbocycles. The molecule has 1 aromatic rings. The lowest BCUT2D eigenvalue weighted by atomic mass is 9.96. The number of aliphatic hydroxyl groups is 1. The molecule has 1 amide bonds. The number of nitrogens with zero attached hydrogens (tertiary/aromatic N) is 1. The van der Waals surface area contributed by atoms with Gasteiger partial charge in [0.2, 0.25) is 0 Å². The van der Waals surface area contributed by atoms with Gasteiger partial charge in [-0.15, -0.1) is 0 Å². The lowest BCUT2D eigenvalue weighted by Crippen LogP contribution is -2.35. The second kappa shape index (κ2) is 5.79. The van der Waals surface area contributed by atoms with Crippen LogP contribution >= 0.6 is 0 Å². The summed E-state index contributed by atoms with van der Waals surface area (Å²) in [4.78, 5) is 22.7. The minimum Gasteiger partial charge on any atom is -0.394 e. The van der Waals surface area contributed by atoms with Gasteiger partial charge in [-0.3, -0.25) is 14.9 Å². The number of aryl methyl sites for hydroxylation is 2. The molecular weight excluding hydrogens is 248 g/mol. The Labute approximate surface area is 111 Å². The highest BCUT2D eigenvalue weighted by molar-refractivity contribution is 5.98. The molecule has 19 heavy (non-hydrogen) atoms. The van der Waals surface area contributed by atoms with E-state index in [9.17, 15) is 14.9 Å². The Morgan fingerprint density at radius 1 is 1.42 bits per heavy atom. The summed E-state index contributed by atoms with van der Waals surface area (Å²) >= 11 is 0. The molecular formula is C13H18N2O4. The number of benzene rings is 1. The van der Waals surface area contributed by atoms with Crippen LogP contribution in [0, 0.1) is 30.9 Å². The number of rotatable bonds is 4. The van der Waals surface area contributed by atoms with Gasteiger partial charge in [0.25, 0.3) is 11.6 Å². The Balaban J connectivity index is 3.32. The minimum absolute atomic E-state index is 0.0348. The maximum atomic E-state index is 12.1. The first-order valence-corrected chi connectivity index (χ1v) is 5.96. The zero-order chi connectivity index (χ0) is 14.7. The highest BCUT2D eigenvalue weighted by Gasteiger charge is 2.24. The summed E-state index contributed by atoms with van der Waals surface area (Å²) in [5, 5.41) is 22.6. The van der Waals surface area contributed by atoms with Crippen molar-refractivity contribution in [1.29, 1.82) is 0 Å². The van der Waals surface area contributed by atoms with E-state index in [1.807, 2.05) is 0 Å². The van der Waals surface area contributed by atoms with E-state index in [1.165, 1.54) is 0 Å². The van der Waals surface area contributed by atoms with Crippen LogP contribution in [0.1, 0.15) is 34.0 Å². The fourth-order valence-electron chi connectivity index (χ4n) is 2.15. The van der Waals surface area contributed by atoms with Gasteiger partial charge in [0.15, 0.2) is 0 Å². The molecule has 1 unspecified atom stereocenters. The van der Waals surface area contributed by atoms with Gasteiger partial charge in [0.05, 0.1) is 17.1 Å². The van der Waals surface area contributed by atoms with Gasteiger partial charge >= 0.3 is 0 Å². The van der Waals surface area contributed by atoms with Crippen molar-refractivity contribution in [3.8, 4) is 0 Å². The standard InChI is InChI=1S/C13H18N2O4/c1-7-5-8(2)12(15(18)19)10(4)11(7)13(17)14-9(3)6-16/h5,9,16H,6H2,1-4H3,(H,14,17). The first-order chi connectivity index (χ1) is 8.79. The van der Waals surface area contributed by atoms with Gasteiger partial charge in [-0.05, 0) is 39.3 Å². The largest absolute Gasteiger partial charge is 0.394 e. The van der Waals surface area contributed by atoms with Gasteiger partial charge in [-0.2, -0.15) is 0 Å². The number of hydrogen-bond acceptors (Lipinski definition) is 4. The summed E-state index contributed by atoms with van der Waals surface area (Å²) < 4.78 is 0. The van der Waals surface area contributed by atoms with Crippen molar-refractivity contribution in [2.24, 2.45) is 0 Å². The second-order valence-electron chi connectivity index (χ2n) is 4.67. The molecule has 6 heteroatoms. The Morgan fingerprint density at radius 2 is 2.00 bits per heavy atom. The van der Waals surface area contributed by atoms with E-state index in [0.717, 1.165) is 0 Å². The van der Waals surface area contributed by atoms with Crippen molar-refractivity contribution >= 4 is 11.6 Å². The maximum Gasteiger partial charge on any atom is 0.275 e. The Bertz CT molecular complexity index is 526. The van der Waals surface area contributed by atoms with Crippen LogP contribution in [0.5, 0.6) is 0 Å². The lowest BCUT2D eigenvalue weighted by molar-refractivity contribution is -0.386. The predicted molar refractivity (Wildman–Crippen MR) is 71.3 cm³/mol. The van der Waals surface area contributed by atoms with E-state index in [-0.39, 0.29) is 12.3 Å². The third-order valence-corrected chi connectivity index (χ3v) is 2.99. The average Bonchev–Trinajstić information content (AvgIpc) is 2.26. The van der Waals surface area contributed by atoms with Crippen LogP contribution in [0.2, 0.25) is 0 Å². The summed E-state index contributed by atoms with van der Waals surface area (Å²) in [6.45, 7) is 6.43. The van der Waals surface area contributed by atoms with Gasteiger partial charge in [-0.1, -0.05) is 0 Å². The van der Waals surface area contributed by atoms with Crippen molar-refractivity contribution in [2.45, 2.75) is 33.7 Å². The Kier molecular flexibility index (Phi) is 4.61. The molecule has 1 atom stereocenters. The quantitative estimate of drug-likeness (QED) is 0.640. The van der Waals surface area contributed by atoms with Crippen LogP contribution in [-0.4, -0.2) is 28.6 Å². The molecule has 1 rings (SSSR count). The van der Waals surface area contributed by atoms with Crippen LogP contribution in [-0.2, 0) is 0 Å². The van der Waals surface area contributed by atoms with Gasteiger partial charge in [0.1, 0.15) is 0 Å². The zero-order valence-electron chi connectivity index (χ0n) is 11.5. The average molecular weight is 266 g/mol. The fourth-order valence-corrected chi connectivity index (χ4v) is 2.15. The summed E-state index contributed by atoms with van der Waals surface area (Å²) in [5.41, 5.74) is 1.84. The highest BCUT2D eigenvalue weighted by atomic mass is 16.6. The summed E-state index contributed by atoms with van der Waals surface area (Å²) in [6, 6.07) is 1.23. The number of aliphatic hydroxyl groups excluding tert-OH is 1. The molecule has 0 aliphatic heterocycles. The van der Waals surface area contributed by atoms with Crippen LogP contribution in [0.25, 0.3) is 0 Å². The van der Waals surface area contributed by atoms with E-state index in [4.69, 9.17) is 5.11 Å². The first-order valence-electron chi connectivity index (χ1n) is 5.96. The number of nitro groups is 1. The number of nitro benzene ring substituents is 1. The zero-order valence-corrected chi connectivity index (χ0v) is 11.5. The number of carbonyl (C=O) groups excluding carboxylic acids is 1. The molecule has 0 saturated heterocycles. The molecule has 0 fully saturated rings. The van der Waals surface area contributed by atoms with E-state index >= 15 is 0 Å². The number of carbonyl (C=O) groups is 1. The number of amides is 1. The summed E-state index contributed by atoms with van der Waals surface area (Å²) in [5.74, 6) is -0.403. The van der Waals surface area contributed by atoms with Gasteiger partial charge in [0, 0.05) is 17.2 Å². The lowest BCUT2D eigenvalue weighted by Gasteiger charge is -2.15. The molecule has 0 spiro atoms. The van der Waals surface area contributed by atoms with Gasteiger partial charge < -0.3 is 10.4 Å². The summed E-state index contributed by atoms with van der Waals surface area (Å²) in [6.07, 6.45) is 0. The minimum atomic E-state index is -0.476. The first kappa shape index (κ1) is 15.1. The molecule has 0 heterocycles. The highest BCUT2D eigenvalue weighted by Crippen LogP contribution is 2.28. The van der Waals surface area contributed by atoms with Crippen LogP contribution in [0.4, 0.5) is 5.69 Å². The van der Waals surface area contributed by atoms with E-state index in [0.29, 0.717) is 22.3 Å². The van der Waals surface area contributed by atoms with Crippen molar-refractivity contribution in [3.63, 3.8) is 0 Å². The van der Waals surface area contributed by atoms with Gasteiger partial charge in [-0.25, -0.2) is 0 Å². The molecule has 0 aromatic heterocycles. The van der Waals surface area contributed by atoms with Crippen molar-refractivity contribution in [3.05, 3.63) is 38.4 Å². The summed E-state index contributed by atoms with van der Waals surface area (Å²) in [7, 11) is 0.